The van der Waals surface area contributed by atoms with Crippen molar-refractivity contribution in [2.45, 2.75) is 58.5 Å². The lowest BCUT2D eigenvalue weighted by molar-refractivity contribution is -0.126. The Morgan fingerprint density at radius 1 is 0.861 bits per heavy atom. The number of fused-ring (bicyclic) bond motifs is 1. The molecule has 3 heterocycles. The van der Waals surface area contributed by atoms with Crippen LogP contribution in [0.4, 0.5) is 0 Å². The summed E-state index contributed by atoms with van der Waals surface area (Å²) in [7, 11) is 0. The van der Waals surface area contributed by atoms with Gasteiger partial charge in [0.2, 0.25) is 5.91 Å². The smallest absolute Gasteiger partial charge is 0.223 e. The van der Waals surface area contributed by atoms with Crippen molar-refractivity contribution in [2.24, 2.45) is 5.92 Å². The number of hydrogen-bond donors (Lipinski definition) is 1. The predicted molar refractivity (Wildman–Crippen MR) is 148 cm³/mol. The first-order chi connectivity index (χ1) is 17.7. The highest BCUT2D eigenvalue weighted by molar-refractivity contribution is 5.81. The van der Waals surface area contributed by atoms with Crippen molar-refractivity contribution in [3.05, 3.63) is 71.4 Å². The number of aromatic nitrogens is 1. The van der Waals surface area contributed by atoms with Crippen LogP contribution >= 0.6 is 0 Å². The van der Waals surface area contributed by atoms with Gasteiger partial charge in [-0.15, -0.1) is 0 Å². The number of benzene rings is 2. The summed E-state index contributed by atoms with van der Waals surface area (Å²) in [5.41, 5.74) is 5.37. The highest BCUT2D eigenvalue weighted by Gasteiger charge is 2.25. The summed E-state index contributed by atoms with van der Waals surface area (Å²) in [6.45, 7) is 10.2. The Labute approximate surface area is 216 Å². The van der Waals surface area contributed by atoms with Gasteiger partial charge >= 0.3 is 0 Å². The Bertz CT molecular complexity index is 1140. The fourth-order valence-corrected chi connectivity index (χ4v) is 5.97. The minimum atomic E-state index is 0.156. The molecule has 0 radical (unpaired) electrons. The average Bonchev–Trinajstić information content (AvgIpc) is 3.04. The van der Waals surface area contributed by atoms with E-state index in [2.05, 4.69) is 81.2 Å². The third-order valence-corrected chi connectivity index (χ3v) is 8.26. The van der Waals surface area contributed by atoms with E-state index in [1.165, 1.54) is 66.5 Å². The monoisotopic (exact) mass is 486 g/mol. The van der Waals surface area contributed by atoms with Gasteiger partial charge in [-0.1, -0.05) is 55.3 Å². The van der Waals surface area contributed by atoms with E-state index in [0.29, 0.717) is 0 Å². The minimum Gasteiger partial charge on any atom is -0.355 e. The third kappa shape index (κ3) is 6.19. The molecule has 2 fully saturated rings. The Kier molecular flexibility index (Phi) is 8.40. The van der Waals surface area contributed by atoms with E-state index >= 15 is 0 Å². The largest absolute Gasteiger partial charge is 0.355 e. The first-order valence-electron chi connectivity index (χ1n) is 14.0. The first-order valence-corrected chi connectivity index (χ1v) is 14.0. The molecule has 2 aromatic carbocycles. The van der Waals surface area contributed by atoms with Crippen LogP contribution in [0.3, 0.4) is 0 Å². The third-order valence-electron chi connectivity index (χ3n) is 8.26. The van der Waals surface area contributed by atoms with Gasteiger partial charge in [0, 0.05) is 43.3 Å². The van der Waals surface area contributed by atoms with Crippen LogP contribution in [0.2, 0.25) is 0 Å². The van der Waals surface area contributed by atoms with Gasteiger partial charge in [0.25, 0.3) is 0 Å². The van der Waals surface area contributed by atoms with Crippen molar-refractivity contribution in [1.29, 1.82) is 0 Å². The highest BCUT2D eigenvalue weighted by Crippen LogP contribution is 2.25. The summed E-state index contributed by atoms with van der Waals surface area (Å²) in [6, 6.07) is 19.8. The zero-order chi connectivity index (χ0) is 24.7. The number of piperidine rings is 1. The van der Waals surface area contributed by atoms with E-state index in [-0.39, 0.29) is 11.8 Å². The molecule has 3 aromatic rings. The first kappa shape index (κ1) is 25.0. The number of para-hydroxylation sites is 1. The van der Waals surface area contributed by atoms with Gasteiger partial charge in [-0.25, -0.2) is 0 Å². The van der Waals surface area contributed by atoms with Gasteiger partial charge in [-0.3, -0.25) is 9.69 Å². The molecule has 0 saturated carbocycles. The second-order valence-corrected chi connectivity index (χ2v) is 10.8. The number of aryl methyl sites for hydroxylation is 1. The fraction of sp³-hybridized carbons (Fsp3) is 0.516. The van der Waals surface area contributed by atoms with E-state index in [1.807, 2.05) is 0 Å². The second kappa shape index (κ2) is 12.1. The van der Waals surface area contributed by atoms with Gasteiger partial charge in [0.1, 0.15) is 0 Å². The maximum atomic E-state index is 12.8. The van der Waals surface area contributed by atoms with Gasteiger partial charge < -0.3 is 14.8 Å². The molecule has 5 heteroatoms. The van der Waals surface area contributed by atoms with Gasteiger partial charge in [-0.2, -0.15) is 0 Å². The maximum absolute atomic E-state index is 12.8. The lowest BCUT2D eigenvalue weighted by Crippen LogP contribution is -2.42. The van der Waals surface area contributed by atoms with Crippen molar-refractivity contribution in [3.8, 4) is 0 Å². The van der Waals surface area contributed by atoms with E-state index in [4.69, 9.17) is 0 Å². The molecular weight excluding hydrogens is 444 g/mol. The Morgan fingerprint density at radius 3 is 2.36 bits per heavy atom. The summed E-state index contributed by atoms with van der Waals surface area (Å²) >= 11 is 0. The van der Waals surface area contributed by atoms with Crippen LogP contribution < -0.4 is 5.32 Å². The molecule has 1 amide bonds. The lowest BCUT2D eigenvalue weighted by Gasteiger charge is -2.31. The minimum absolute atomic E-state index is 0.156. The van der Waals surface area contributed by atoms with E-state index in [9.17, 15) is 4.79 Å². The Morgan fingerprint density at radius 2 is 1.58 bits per heavy atom. The molecule has 36 heavy (non-hydrogen) atoms. The second-order valence-electron chi connectivity index (χ2n) is 10.8. The van der Waals surface area contributed by atoms with E-state index in [1.54, 1.807) is 0 Å². The Hall–Kier alpha value is -2.63. The van der Waals surface area contributed by atoms with Crippen LogP contribution in [0.25, 0.3) is 10.9 Å². The van der Waals surface area contributed by atoms with Gasteiger partial charge in [0.05, 0.1) is 0 Å². The van der Waals surface area contributed by atoms with Crippen molar-refractivity contribution in [2.75, 3.05) is 39.3 Å². The standard InChI is InChI=1S/C31H42N4O/c1-25-10-4-5-12-28(25)23-35-29(22-27-11-6-7-13-30(27)35)24-34-19-14-26(15-20-34)31(36)32-16-21-33-17-8-2-3-9-18-33/h4-7,10-13,22,26H,2-3,8-9,14-21,23-24H2,1H3,(H,32,36). The highest BCUT2D eigenvalue weighted by atomic mass is 16.1. The molecule has 5 rings (SSSR count). The fourth-order valence-electron chi connectivity index (χ4n) is 5.97. The number of nitrogens with zero attached hydrogens (tertiary/aromatic N) is 3. The number of rotatable bonds is 8. The molecule has 2 aliphatic heterocycles. The molecule has 2 aliphatic rings. The lowest BCUT2D eigenvalue weighted by atomic mass is 9.96. The molecule has 0 atom stereocenters. The molecule has 2 saturated heterocycles. The van der Waals surface area contributed by atoms with Crippen molar-refractivity contribution < 1.29 is 4.79 Å². The number of carbonyl (C=O) groups excluding carboxylic acids is 1. The van der Waals surface area contributed by atoms with Crippen molar-refractivity contribution >= 4 is 16.8 Å². The molecule has 0 aliphatic carbocycles. The van der Waals surface area contributed by atoms with Crippen LogP contribution in [0, 0.1) is 12.8 Å². The maximum Gasteiger partial charge on any atom is 0.223 e. The molecule has 192 valence electrons. The zero-order valence-electron chi connectivity index (χ0n) is 21.9. The summed E-state index contributed by atoms with van der Waals surface area (Å²) in [5, 5.41) is 4.55. The molecule has 0 spiro atoms. The Balaban J connectivity index is 1.16. The van der Waals surface area contributed by atoms with Crippen LogP contribution in [0.1, 0.15) is 55.3 Å². The quantitative estimate of drug-likeness (QED) is 0.476. The van der Waals surface area contributed by atoms with Crippen molar-refractivity contribution in [1.82, 2.24) is 19.7 Å². The topological polar surface area (TPSA) is 40.5 Å². The molecule has 1 aromatic heterocycles. The number of likely N-dealkylation sites (tertiary alicyclic amines) is 2. The molecule has 5 nitrogen and oxygen atoms in total. The summed E-state index contributed by atoms with van der Waals surface area (Å²) in [4.78, 5) is 17.9. The van der Waals surface area contributed by atoms with Crippen LogP contribution in [0.15, 0.2) is 54.6 Å². The number of hydrogen-bond acceptors (Lipinski definition) is 3. The number of nitrogens with one attached hydrogen (secondary N) is 1. The number of carbonyl (C=O) groups is 1. The van der Waals surface area contributed by atoms with Gasteiger partial charge in [-0.05, 0) is 87.4 Å². The average molecular weight is 487 g/mol. The normalized spacial score (nSPS) is 18.4. The van der Waals surface area contributed by atoms with Crippen LogP contribution in [0.5, 0.6) is 0 Å². The van der Waals surface area contributed by atoms with Crippen LogP contribution in [-0.2, 0) is 17.9 Å². The molecular formula is C31H42N4O. The van der Waals surface area contributed by atoms with Crippen LogP contribution in [-0.4, -0.2) is 59.5 Å². The summed E-state index contributed by atoms with van der Waals surface area (Å²) in [6.07, 6.45) is 7.22. The summed E-state index contributed by atoms with van der Waals surface area (Å²) < 4.78 is 2.49. The zero-order valence-corrected chi connectivity index (χ0v) is 21.9. The SMILES string of the molecule is Cc1ccccc1Cn1c(CN2CCC(C(=O)NCCN3CCCCCC3)CC2)cc2ccccc21. The molecule has 1 N–H and O–H groups in total. The molecule has 0 bridgehead atoms. The van der Waals surface area contributed by atoms with Crippen molar-refractivity contribution in [3.63, 3.8) is 0 Å². The predicted octanol–water partition coefficient (Wildman–Crippen LogP) is 5.20. The molecule has 0 unspecified atom stereocenters. The number of amides is 1. The summed E-state index contributed by atoms with van der Waals surface area (Å²) in [5.74, 6) is 0.418. The van der Waals surface area contributed by atoms with E-state index < -0.39 is 0 Å². The van der Waals surface area contributed by atoms with Gasteiger partial charge in [0.15, 0.2) is 0 Å². The van der Waals surface area contributed by atoms with E-state index in [0.717, 1.165) is 52.1 Å².